The summed E-state index contributed by atoms with van der Waals surface area (Å²) < 4.78 is 40.0. The fraction of sp³-hybridized carbons (Fsp3) is 1.00. The third-order valence-electron chi connectivity index (χ3n) is 7.94. The molecular formula is C24H42O17. The molecule has 4 heterocycles. The van der Waals surface area contributed by atoms with Crippen molar-refractivity contribution in [2.24, 2.45) is 0 Å². The van der Waals surface area contributed by atoms with Crippen LogP contribution in [0.3, 0.4) is 0 Å². The first kappa shape index (κ1) is 33.2. The average molecular weight is 603 g/mol. The summed E-state index contributed by atoms with van der Waals surface area (Å²) in [6.45, 7) is 1.58. The Bertz CT molecular complexity index is 821. The van der Waals surface area contributed by atoms with E-state index in [2.05, 4.69) is 0 Å². The Labute approximate surface area is 235 Å². The number of ether oxygens (including phenoxy) is 7. The molecule has 10 N–H and O–H groups in total. The van der Waals surface area contributed by atoms with Gasteiger partial charge >= 0.3 is 0 Å². The van der Waals surface area contributed by atoms with E-state index in [0.29, 0.717) is 6.42 Å². The van der Waals surface area contributed by atoms with Crippen LogP contribution in [0.4, 0.5) is 0 Å². The Kier molecular flexibility index (Phi) is 11.3. The minimum Gasteiger partial charge on any atom is -0.394 e. The molecule has 4 rings (SSSR count). The Morgan fingerprint density at radius 2 is 1.15 bits per heavy atom. The predicted octanol–water partition coefficient (Wildman–Crippen LogP) is -5.64. The lowest BCUT2D eigenvalue weighted by atomic mass is 9.96. The normalized spacial score (nSPS) is 53.3. The van der Waals surface area contributed by atoms with Gasteiger partial charge in [-0.15, -0.1) is 0 Å². The minimum atomic E-state index is -1.86. The zero-order chi connectivity index (χ0) is 30.2. The SMILES string of the molecule is C[C@@H]1O[C@@H](O)[C@H](O)[C@H](O)[C@H]1O[C@H]1O[C@H](CO)[C@@H](O)[C@H](O[C@@H]2CC[C@@H](O)[C@@H](C)O2)[C@@H]1O[C@@H]1O[C@H](CO)[C@H](O)[C@H](O)[C@H]1O. The Balaban J connectivity index is 1.64. The van der Waals surface area contributed by atoms with Gasteiger partial charge in [-0.25, -0.2) is 0 Å². The lowest BCUT2D eigenvalue weighted by Gasteiger charge is -2.49. The van der Waals surface area contributed by atoms with E-state index in [-0.39, 0.29) is 6.42 Å². The topological polar surface area (TPSA) is 267 Å². The first-order valence-corrected chi connectivity index (χ1v) is 13.6. The van der Waals surface area contributed by atoms with Crippen LogP contribution in [0.5, 0.6) is 0 Å². The summed E-state index contributed by atoms with van der Waals surface area (Å²) in [4.78, 5) is 0. The molecule has 0 amide bonds. The van der Waals surface area contributed by atoms with E-state index in [1.807, 2.05) is 0 Å². The second-order valence-corrected chi connectivity index (χ2v) is 10.8. The molecule has 17 nitrogen and oxygen atoms in total. The van der Waals surface area contributed by atoms with E-state index in [0.717, 1.165) is 0 Å². The summed E-state index contributed by atoms with van der Waals surface area (Å²) in [6, 6.07) is 0. The predicted molar refractivity (Wildman–Crippen MR) is 128 cm³/mol. The number of rotatable bonds is 8. The van der Waals surface area contributed by atoms with Gasteiger partial charge in [0.15, 0.2) is 25.2 Å². The van der Waals surface area contributed by atoms with Gasteiger partial charge in [-0.05, 0) is 20.3 Å². The van der Waals surface area contributed by atoms with Crippen LogP contribution in [0.25, 0.3) is 0 Å². The molecule has 0 bridgehead atoms. The van der Waals surface area contributed by atoms with Crippen molar-refractivity contribution in [3.05, 3.63) is 0 Å². The van der Waals surface area contributed by atoms with Crippen molar-refractivity contribution in [1.82, 2.24) is 0 Å². The van der Waals surface area contributed by atoms with Gasteiger partial charge in [0, 0.05) is 6.42 Å². The third kappa shape index (κ3) is 7.02. The molecule has 41 heavy (non-hydrogen) atoms. The smallest absolute Gasteiger partial charge is 0.187 e. The van der Waals surface area contributed by atoms with Crippen molar-refractivity contribution in [2.75, 3.05) is 13.2 Å². The summed E-state index contributed by atoms with van der Waals surface area (Å²) >= 11 is 0. The molecule has 0 spiro atoms. The zero-order valence-electron chi connectivity index (χ0n) is 22.6. The van der Waals surface area contributed by atoms with Crippen LogP contribution < -0.4 is 0 Å². The van der Waals surface area contributed by atoms with Gasteiger partial charge in [-0.3, -0.25) is 0 Å². The number of hydrogen-bond donors (Lipinski definition) is 10. The highest BCUT2D eigenvalue weighted by Crippen LogP contribution is 2.35. The molecule has 0 aromatic carbocycles. The van der Waals surface area contributed by atoms with E-state index in [1.165, 1.54) is 6.92 Å². The van der Waals surface area contributed by atoms with Crippen LogP contribution in [-0.4, -0.2) is 175 Å². The maximum atomic E-state index is 11.1. The fourth-order valence-corrected chi connectivity index (χ4v) is 5.37. The largest absolute Gasteiger partial charge is 0.394 e. The highest BCUT2D eigenvalue weighted by Gasteiger charge is 2.54. The molecule has 0 aromatic rings. The molecule has 17 heteroatoms. The van der Waals surface area contributed by atoms with Crippen molar-refractivity contribution < 1.29 is 84.2 Å². The van der Waals surface area contributed by atoms with E-state index in [9.17, 15) is 51.1 Å². The second-order valence-electron chi connectivity index (χ2n) is 10.8. The van der Waals surface area contributed by atoms with Gasteiger partial charge in [0.25, 0.3) is 0 Å². The molecule has 4 aliphatic heterocycles. The fourth-order valence-electron chi connectivity index (χ4n) is 5.37. The molecule has 4 aliphatic rings. The molecule has 4 fully saturated rings. The zero-order valence-corrected chi connectivity index (χ0v) is 22.6. The van der Waals surface area contributed by atoms with Crippen molar-refractivity contribution in [2.45, 2.75) is 137 Å². The molecule has 0 aromatic heterocycles. The minimum absolute atomic E-state index is 0.202. The lowest BCUT2D eigenvalue weighted by molar-refractivity contribution is -0.397. The first-order valence-electron chi connectivity index (χ1n) is 13.6. The molecule has 0 radical (unpaired) electrons. The van der Waals surface area contributed by atoms with Crippen LogP contribution in [0.15, 0.2) is 0 Å². The summed E-state index contributed by atoms with van der Waals surface area (Å²) in [5, 5.41) is 102. The summed E-state index contributed by atoms with van der Waals surface area (Å²) in [7, 11) is 0. The van der Waals surface area contributed by atoms with Crippen molar-refractivity contribution >= 4 is 0 Å². The van der Waals surface area contributed by atoms with Gasteiger partial charge in [-0.1, -0.05) is 0 Å². The van der Waals surface area contributed by atoms with Gasteiger partial charge < -0.3 is 84.2 Å². The number of hydrogen-bond acceptors (Lipinski definition) is 17. The van der Waals surface area contributed by atoms with Gasteiger partial charge in [0.2, 0.25) is 0 Å². The first-order chi connectivity index (χ1) is 19.4. The molecule has 0 saturated carbocycles. The highest BCUT2D eigenvalue weighted by molar-refractivity contribution is 4.97. The second kappa shape index (κ2) is 14.0. The lowest BCUT2D eigenvalue weighted by Crippen LogP contribution is -2.67. The van der Waals surface area contributed by atoms with Crippen LogP contribution in [0, 0.1) is 0 Å². The summed E-state index contributed by atoms with van der Waals surface area (Å²) in [5.74, 6) is 0. The third-order valence-corrected chi connectivity index (χ3v) is 7.94. The maximum Gasteiger partial charge on any atom is 0.187 e. The quantitative estimate of drug-likeness (QED) is 0.124. The van der Waals surface area contributed by atoms with Gasteiger partial charge in [-0.2, -0.15) is 0 Å². The Hall–Kier alpha value is -0.680. The van der Waals surface area contributed by atoms with Crippen LogP contribution in [0.1, 0.15) is 26.7 Å². The van der Waals surface area contributed by atoms with Crippen LogP contribution in [0.2, 0.25) is 0 Å². The molecule has 0 aliphatic carbocycles. The van der Waals surface area contributed by atoms with Crippen molar-refractivity contribution in [1.29, 1.82) is 0 Å². The van der Waals surface area contributed by atoms with E-state index < -0.39 is 124 Å². The molecular weight excluding hydrogens is 560 g/mol. The monoisotopic (exact) mass is 602 g/mol. The Morgan fingerprint density at radius 1 is 0.537 bits per heavy atom. The van der Waals surface area contributed by atoms with E-state index >= 15 is 0 Å². The van der Waals surface area contributed by atoms with E-state index in [1.54, 1.807) is 6.92 Å². The molecule has 0 unspecified atom stereocenters. The maximum absolute atomic E-state index is 11.1. The van der Waals surface area contributed by atoms with Crippen LogP contribution >= 0.6 is 0 Å². The standard InChI is InChI=1S/C24H42O17/c1-7-9(27)3-4-12(35-7)39-20-14(29)11(6-26)38-24(40-19-8(2)36-22(34)17(32)16(19)31)21(20)41-23-18(33)15(30)13(28)10(5-25)37-23/h7-34H,3-6H2,1-2H3/t7-,8+,9-,10-,11-,12-,13+,14-,15+,16+,17-,18-,19+,20+,21+,22-,23+,24-/m1/s1. The van der Waals surface area contributed by atoms with Crippen LogP contribution in [-0.2, 0) is 33.2 Å². The molecule has 4 saturated heterocycles. The van der Waals surface area contributed by atoms with Gasteiger partial charge in [0.05, 0.1) is 31.5 Å². The summed E-state index contributed by atoms with van der Waals surface area (Å²) in [6.07, 6.45) is -25.4. The number of aliphatic hydroxyl groups is 10. The molecule has 18 atom stereocenters. The highest BCUT2D eigenvalue weighted by atomic mass is 16.8. The van der Waals surface area contributed by atoms with Crippen molar-refractivity contribution in [3.63, 3.8) is 0 Å². The van der Waals surface area contributed by atoms with Crippen molar-refractivity contribution in [3.8, 4) is 0 Å². The van der Waals surface area contributed by atoms with E-state index in [4.69, 9.17) is 33.2 Å². The Morgan fingerprint density at radius 3 is 1.78 bits per heavy atom. The summed E-state index contributed by atoms with van der Waals surface area (Å²) in [5.41, 5.74) is 0. The number of aliphatic hydroxyl groups excluding tert-OH is 10. The van der Waals surface area contributed by atoms with Gasteiger partial charge in [0.1, 0.15) is 67.1 Å². The average Bonchev–Trinajstić information content (AvgIpc) is 2.94. The molecule has 240 valence electrons.